The molecule has 0 spiro atoms. The number of para-hydroxylation sites is 1. The number of nitrogens with one attached hydrogen (secondary N) is 1. The second kappa shape index (κ2) is 13.2. The van der Waals surface area contributed by atoms with E-state index in [4.69, 9.17) is 15.3 Å². The first-order valence-electron chi connectivity index (χ1n) is 13.7. The molecule has 14 heteroatoms. The maximum atomic E-state index is 14.1. The zero-order valence-corrected chi connectivity index (χ0v) is 24.8. The van der Waals surface area contributed by atoms with Crippen LogP contribution in [0.5, 0.6) is 5.75 Å². The number of carbonyl (C=O) groups excluding carboxylic acids is 2. The SMILES string of the molecule is COc1cc(N2CCN(OC(=O)C(C)(C)C)CC2)ccc1Nc1ncc(C(F)(F)F)c(N(C=CC(N)=O)c2ccccc2)n1. The van der Waals surface area contributed by atoms with E-state index < -0.39 is 28.9 Å². The summed E-state index contributed by atoms with van der Waals surface area (Å²) in [4.78, 5) is 40.5. The second-order valence-corrected chi connectivity index (χ2v) is 10.9. The third-order valence-corrected chi connectivity index (χ3v) is 6.58. The second-order valence-electron chi connectivity index (χ2n) is 10.9. The Bertz CT molecular complexity index is 1500. The molecule has 234 valence electrons. The number of rotatable bonds is 9. The number of anilines is 5. The summed E-state index contributed by atoms with van der Waals surface area (Å²) in [6.45, 7) is 7.58. The molecule has 0 atom stereocenters. The minimum Gasteiger partial charge on any atom is -0.494 e. The van der Waals surface area contributed by atoms with Gasteiger partial charge in [-0.2, -0.15) is 18.2 Å². The first-order chi connectivity index (χ1) is 20.8. The van der Waals surface area contributed by atoms with Crippen molar-refractivity contribution in [1.82, 2.24) is 15.0 Å². The van der Waals surface area contributed by atoms with Gasteiger partial charge in [0.05, 0.1) is 31.3 Å². The number of ether oxygens (including phenoxy) is 1. The Morgan fingerprint density at radius 1 is 1.05 bits per heavy atom. The Kier molecular flexibility index (Phi) is 9.62. The molecular weight excluding hydrogens is 579 g/mol. The van der Waals surface area contributed by atoms with E-state index in [9.17, 15) is 22.8 Å². The monoisotopic (exact) mass is 613 g/mol. The number of hydroxylamine groups is 2. The van der Waals surface area contributed by atoms with Gasteiger partial charge in [-0.15, -0.1) is 5.06 Å². The number of hydrogen-bond donors (Lipinski definition) is 2. The van der Waals surface area contributed by atoms with Gasteiger partial charge in [-0.25, -0.2) is 9.78 Å². The van der Waals surface area contributed by atoms with Crippen molar-refractivity contribution in [3.63, 3.8) is 0 Å². The van der Waals surface area contributed by atoms with Gasteiger partial charge < -0.3 is 30.4 Å². The smallest absolute Gasteiger partial charge is 0.421 e. The molecule has 1 aliphatic heterocycles. The fourth-order valence-corrected chi connectivity index (χ4v) is 4.22. The molecule has 1 fully saturated rings. The van der Waals surface area contributed by atoms with E-state index in [0.29, 0.717) is 49.5 Å². The Labute approximate surface area is 253 Å². The first kappa shape index (κ1) is 32.1. The summed E-state index contributed by atoms with van der Waals surface area (Å²) >= 11 is 0. The molecule has 0 radical (unpaired) electrons. The number of amides is 1. The molecule has 1 aromatic heterocycles. The van der Waals surface area contributed by atoms with Crippen LogP contribution in [0.25, 0.3) is 0 Å². The Morgan fingerprint density at radius 3 is 2.32 bits per heavy atom. The van der Waals surface area contributed by atoms with Gasteiger partial charge in [0.25, 0.3) is 0 Å². The third kappa shape index (κ3) is 7.95. The van der Waals surface area contributed by atoms with Crippen LogP contribution in [0, 0.1) is 5.41 Å². The third-order valence-electron chi connectivity index (χ3n) is 6.58. The molecule has 2 heterocycles. The average Bonchev–Trinajstić information content (AvgIpc) is 2.97. The van der Waals surface area contributed by atoms with Gasteiger partial charge >= 0.3 is 12.1 Å². The predicted octanol–water partition coefficient (Wildman–Crippen LogP) is 5.01. The van der Waals surface area contributed by atoms with Crippen molar-refractivity contribution >= 4 is 40.7 Å². The number of piperazine rings is 1. The van der Waals surface area contributed by atoms with E-state index in [1.165, 1.54) is 7.11 Å². The van der Waals surface area contributed by atoms with E-state index in [1.54, 1.807) is 68.3 Å². The molecule has 0 aliphatic carbocycles. The minimum atomic E-state index is -4.80. The number of methoxy groups -OCH3 is 1. The standard InChI is InChI=1S/C30H34F3N7O4/c1-29(2,3)27(42)44-39-16-14-38(15-17-39)21-10-11-23(24(18-21)43-4)36-28-35-19-22(30(31,32)33)26(37-28)40(13-12-25(34)41)20-8-6-5-7-9-20/h5-13,18-19H,14-17H2,1-4H3,(H2,34,41)(H,35,36,37). The largest absolute Gasteiger partial charge is 0.494 e. The van der Waals surface area contributed by atoms with Gasteiger partial charge in [-0.05, 0) is 45.0 Å². The van der Waals surface area contributed by atoms with Crippen LogP contribution in [0.4, 0.5) is 42.0 Å². The van der Waals surface area contributed by atoms with E-state index in [1.807, 2.05) is 6.07 Å². The predicted molar refractivity (Wildman–Crippen MR) is 160 cm³/mol. The summed E-state index contributed by atoms with van der Waals surface area (Å²) in [6.07, 6.45) is -2.06. The van der Waals surface area contributed by atoms with E-state index in [-0.39, 0.29) is 11.9 Å². The van der Waals surface area contributed by atoms with Crippen LogP contribution in [-0.2, 0) is 20.6 Å². The molecule has 0 unspecified atom stereocenters. The van der Waals surface area contributed by atoms with E-state index in [0.717, 1.165) is 22.9 Å². The van der Waals surface area contributed by atoms with Gasteiger partial charge in [-0.3, -0.25) is 4.79 Å². The lowest BCUT2D eigenvalue weighted by atomic mass is 9.98. The fraction of sp³-hybridized carbons (Fsp3) is 0.333. The minimum absolute atomic E-state index is 0.137. The normalized spacial score (nSPS) is 14.4. The summed E-state index contributed by atoms with van der Waals surface area (Å²) in [5, 5.41) is 4.59. The highest BCUT2D eigenvalue weighted by Crippen LogP contribution is 2.39. The summed E-state index contributed by atoms with van der Waals surface area (Å²) in [7, 11) is 1.47. The number of aromatic nitrogens is 2. The highest BCUT2D eigenvalue weighted by atomic mass is 19.4. The van der Waals surface area contributed by atoms with Crippen molar-refractivity contribution < 1.29 is 32.3 Å². The molecule has 4 rings (SSSR count). The highest BCUT2D eigenvalue weighted by molar-refractivity contribution is 5.87. The van der Waals surface area contributed by atoms with Crippen molar-refractivity contribution in [1.29, 1.82) is 0 Å². The highest BCUT2D eigenvalue weighted by Gasteiger charge is 2.37. The molecular formula is C30H34F3N7O4. The maximum Gasteiger partial charge on any atom is 0.421 e. The average molecular weight is 614 g/mol. The van der Waals surface area contributed by atoms with Crippen LogP contribution in [-0.4, -0.2) is 60.2 Å². The quantitative estimate of drug-likeness (QED) is 0.318. The van der Waals surface area contributed by atoms with Crippen LogP contribution >= 0.6 is 0 Å². The van der Waals surface area contributed by atoms with E-state index in [2.05, 4.69) is 20.2 Å². The molecule has 1 saturated heterocycles. The van der Waals surface area contributed by atoms with Gasteiger partial charge in [-0.1, -0.05) is 18.2 Å². The van der Waals surface area contributed by atoms with Crippen molar-refractivity contribution in [3.8, 4) is 5.75 Å². The summed E-state index contributed by atoms with van der Waals surface area (Å²) in [5.41, 5.74) is 5.08. The Hall–Kier alpha value is -4.85. The number of alkyl halides is 3. The maximum absolute atomic E-state index is 14.1. The van der Waals surface area contributed by atoms with Gasteiger partial charge in [0.1, 0.15) is 11.3 Å². The molecule has 2 aromatic carbocycles. The molecule has 1 amide bonds. The first-order valence-corrected chi connectivity index (χ1v) is 13.7. The number of halogens is 3. The molecule has 3 N–H and O–H groups in total. The molecule has 0 saturated carbocycles. The van der Waals surface area contributed by atoms with Crippen molar-refractivity contribution in [3.05, 3.63) is 72.6 Å². The number of nitrogens with zero attached hydrogens (tertiary/aromatic N) is 5. The Balaban J connectivity index is 1.59. The number of hydrogen-bond acceptors (Lipinski definition) is 10. The topological polar surface area (TPSA) is 126 Å². The van der Waals surface area contributed by atoms with Crippen LogP contribution in [0.3, 0.4) is 0 Å². The summed E-state index contributed by atoms with van der Waals surface area (Å²) in [5.74, 6) is -1.39. The van der Waals surface area contributed by atoms with Crippen molar-refractivity contribution in [2.24, 2.45) is 11.1 Å². The van der Waals surface area contributed by atoms with Gasteiger partial charge in [0.2, 0.25) is 11.9 Å². The molecule has 1 aliphatic rings. The lowest BCUT2D eigenvalue weighted by molar-refractivity contribution is -0.201. The molecule has 3 aromatic rings. The number of carbonyl (C=O) groups is 2. The molecule has 11 nitrogen and oxygen atoms in total. The van der Waals surface area contributed by atoms with Crippen LogP contribution in [0.1, 0.15) is 26.3 Å². The summed E-state index contributed by atoms with van der Waals surface area (Å²) in [6, 6.07) is 13.4. The van der Waals surface area contributed by atoms with E-state index >= 15 is 0 Å². The molecule has 0 bridgehead atoms. The van der Waals surface area contributed by atoms with Crippen LogP contribution in [0.15, 0.2) is 67.0 Å². The lowest BCUT2D eigenvalue weighted by Crippen LogP contribution is -2.48. The lowest BCUT2D eigenvalue weighted by Gasteiger charge is -2.36. The zero-order valence-electron chi connectivity index (χ0n) is 24.8. The Morgan fingerprint density at radius 2 is 1.73 bits per heavy atom. The zero-order chi connectivity index (χ0) is 32.1. The number of nitrogens with two attached hydrogens (primary N) is 1. The van der Waals surface area contributed by atoms with Crippen LogP contribution < -0.4 is 25.6 Å². The number of benzene rings is 2. The van der Waals surface area contributed by atoms with Crippen molar-refractivity contribution in [2.75, 3.05) is 48.4 Å². The number of primary amides is 1. The van der Waals surface area contributed by atoms with Gasteiger partial charge in [0.15, 0.2) is 5.82 Å². The summed E-state index contributed by atoms with van der Waals surface area (Å²) < 4.78 is 47.8. The van der Waals surface area contributed by atoms with Gasteiger partial charge in [0, 0.05) is 49.0 Å². The molecule has 44 heavy (non-hydrogen) atoms. The van der Waals surface area contributed by atoms with Crippen LogP contribution in [0.2, 0.25) is 0 Å². The van der Waals surface area contributed by atoms with Crippen molar-refractivity contribution in [2.45, 2.75) is 26.9 Å². The fourth-order valence-electron chi connectivity index (χ4n) is 4.22.